The second-order valence-corrected chi connectivity index (χ2v) is 7.23. The average molecular weight is 295 g/mol. The zero-order valence-corrected chi connectivity index (χ0v) is 14.3. The predicted octanol–water partition coefficient (Wildman–Crippen LogP) is 2.10. The van der Waals surface area contributed by atoms with Gasteiger partial charge in [-0.05, 0) is 32.4 Å². The number of likely N-dealkylation sites (tertiary alicyclic amines) is 1. The quantitative estimate of drug-likeness (QED) is 0.815. The van der Waals surface area contributed by atoms with Crippen molar-refractivity contribution in [3.63, 3.8) is 0 Å². The third-order valence-corrected chi connectivity index (χ3v) is 5.09. The molecule has 2 rings (SSSR count). The molecule has 0 aromatic heterocycles. The lowest BCUT2D eigenvalue weighted by Gasteiger charge is -2.49. The topological polar surface area (TPSA) is 35.6 Å². The minimum Gasteiger partial charge on any atom is -0.339 e. The Hall–Kier alpha value is -0.610. The molecule has 1 saturated carbocycles. The van der Waals surface area contributed by atoms with Gasteiger partial charge in [-0.15, -0.1) is 0 Å². The van der Waals surface area contributed by atoms with Crippen molar-refractivity contribution in [2.45, 2.75) is 71.0 Å². The van der Waals surface area contributed by atoms with E-state index in [1.54, 1.807) is 0 Å². The molecule has 1 aliphatic heterocycles. The van der Waals surface area contributed by atoms with Gasteiger partial charge < -0.3 is 10.2 Å². The Kier molecular flexibility index (Phi) is 6.06. The monoisotopic (exact) mass is 295 g/mol. The van der Waals surface area contributed by atoms with Crippen molar-refractivity contribution in [2.24, 2.45) is 5.92 Å². The maximum atomic E-state index is 12.0. The molecule has 2 atom stereocenters. The van der Waals surface area contributed by atoms with E-state index in [1.807, 2.05) is 4.90 Å². The number of amides is 1. The van der Waals surface area contributed by atoms with E-state index >= 15 is 0 Å². The molecule has 1 saturated heterocycles. The van der Waals surface area contributed by atoms with Crippen molar-refractivity contribution in [1.82, 2.24) is 15.1 Å². The molecule has 0 aromatic rings. The summed E-state index contributed by atoms with van der Waals surface area (Å²) in [6, 6.07) is 1.84. The van der Waals surface area contributed by atoms with Gasteiger partial charge in [-0.25, -0.2) is 0 Å². The summed E-state index contributed by atoms with van der Waals surface area (Å²) >= 11 is 0. The third kappa shape index (κ3) is 4.19. The molecule has 122 valence electrons. The lowest BCUT2D eigenvalue weighted by Crippen LogP contribution is -2.65. The Morgan fingerprint density at radius 2 is 1.95 bits per heavy atom. The average Bonchev–Trinajstić information content (AvgIpc) is 2.37. The number of rotatable bonds is 6. The van der Waals surface area contributed by atoms with Gasteiger partial charge in [0.25, 0.3) is 0 Å². The van der Waals surface area contributed by atoms with Crippen LogP contribution in [-0.2, 0) is 4.79 Å². The second kappa shape index (κ2) is 7.59. The van der Waals surface area contributed by atoms with Crippen LogP contribution in [-0.4, -0.2) is 60.5 Å². The number of nitrogens with one attached hydrogen (secondary N) is 1. The lowest BCUT2D eigenvalue weighted by molar-refractivity contribution is -0.140. The Bertz CT molecular complexity index is 337. The van der Waals surface area contributed by atoms with Gasteiger partial charge in [-0.2, -0.15) is 0 Å². The molecule has 21 heavy (non-hydrogen) atoms. The van der Waals surface area contributed by atoms with Gasteiger partial charge in [0.1, 0.15) is 0 Å². The summed E-state index contributed by atoms with van der Waals surface area (Å²) in [6.07, 6.45) is 5.99. The molecular formula is C17H33N3O. The molecule has 0 spiro atoms. The Morgan fingerprint density at radius 1 is 1.29 bits per heavy atom. The maximum absolute atomic E-state index is 12.0. The van der Waals surface area contributed by atoms with Gasteiger partial charge in [0.15, 0.2) is 0 Å². The molecule has 4 heteroatoms. The molecule has 0 radical (unpaired) electrons. The van der Waals surface area contributed by atoms with Gasteiger partial charge in [-0.3, -0.25) is 9.69 Å². The van der Waals surface area contributed by atoms with E-state index in [0.29, 0.717) is 36.4 Å². The molecular weight excluding hydrogens is 262 g/mol. The minimum atomic E-state index is 0.335. The second-order valence-electron chi connectivity index (χ2n) is 7.23. The zero-order chi connectivity index (χ0) is 15.4. The molecule has 0 unspecified atom stereocenters. The van der Waals surface area contributed by atoms with Crippen LogP contribution in [0, 0.1) is 5.92 Å². The van der Waals surface area contributed by atoms with Crippen molar-refractivity contribution in [3.8, 4) is 0 Å². The molecule has 0 bridgehead atoms. The van der Waals surface area contributed by atoms with Crippen LogP contribution in [0.25, 0.3) is 0 Å². The Labute approximate surface area is 130 Å². The van der Waals surface area contributed by atoms with Crippen LogP contribution in [0.5, 0.6) is 0 Å². The van der Waals surface area contributed by atoms with Crippen molar-refractivity contribution in [1.29, 1.82) is 0 Å². The molecule has 0 aromatic carbocycles. The van der Waals surface area contributed by atoms with Crippen LogP contribution < -0.4 is 5.32 Å². The first-order valence-corrected chi connectivity index (χ1v) is 8.76. The summed E-state index contributed by atoms with van der Waals surface area (Å²) in [5, 5.41) is 3.66. The van der Waals surface area contributed by atoms with E-state index in [2.05, 4.69) is 38.0 Å². The normalized spacial score (nSPS) is 27.2. The summed E-state index contributed by atoms with van der Waals surface area (Å²) < 4.78 is 0. The number of carbonyl (C=O) groups is 1. The Morgan fingerprint density at radius 3 is 2.57 bits per heavy atom. The predicted molar refractivity (Wildman–Crippen MR) is 87.3 cm³/mol. The number of hydrogen-bond donors (Lipinski definition) is 1. The molecule has 1 amide bonds. The highest BCUT2D eigenvalue weighted by Crippen LogP contribution is 2.27. The number of nitrogens with zero attached hydrogens (tertiary/aromatic N) is 2. The van der Waals surface area contributed by atoms with Crippen molar-refractivity contribution in [2.75, 3.05) is 26.7 Å². The van der Waals surface area contributed by atoms with E-state index in [1.165, 1.54) is 25.7 Å². The standard InChI is InChI=1S/C17H33N3O/c1-5-18-15-8-6-7-9-16(15)19(4)14-11-20(12-14)17(21)10-13(2)3/h13-16,18H,5-12H2,1-4H3/t15-,16-/m0/s1. The fourth-order valence-corrected chi connectivity index (χ4v) is 3.76. The summed E-state index contributed by atoms with van der Waals surface area (Å²) in [6.45, 7) is 9.34. The highest BCUT2D eigenvalue weighted by Gasteiger charge is 2.38. The first kappa shape index (κ1) is 16.8. The minimum absolute atomic E-state index is 0.335. The van der Waals surface area contributed by atoms with Gasteiger partial charge in [-0.1, -0.05) is 33.6 Å². The fourth-order valence-electron chi connectivity index (χ4n) is 3.76. The molecule has 2 aliphatic rings. The Balaban J connectivity index is 1.81. The highest BCUT2D eigenvalue weighted by atomic mass is 16.2. The number of likely N-dealkylation sites (N-methyl/N-ethyl adjacent to an activating group) is 2. The summed E-state index contributed by atoms with van der Waals surface area (Å²) in [7, 11) is 2.26. The number of hydrogen-bond acceptors (Lipinski definition) is 3. The summed E-state index contributed by atoms with van der Waals surface area (Å²) in [4.78, 5) is 16.6. The largest absolute Gasteiger partial charge is 0.339 e. The van der Waals surface area contributed by atoms with Crippen LogP contribution in [0.1, 0.15) is 52.9 Å². The van der Waals surface area contributed by atoms with E-state index in [4.69, 9.17) is 0 Å². The van der Waals surface area contributed by atoms with Crippen molar-refractivity contribution < 1.29 is 4.79 Å². The van der Waals surface area contributed by atoms with Gasteiger partial charge in [0, 0.05) is 37.6 Å². The molecule has 1 heterocycles. The van der Waals surface area contributed by atoms with E-state index < -0.39 is 0 Å². The van der Waals surface area contributed by atoms with E-state index in [0.717, 1.165) is 19.6 Å². The van der Waals surface area contributed by atoms with E-state index in [9.17, 15) is 4.79 Å². The maximum Gasteiger partial charge on any atom is 0.222 e. The molecule has 1 aliphatic carbocycles. The fraction of sp³-hybridized carbons (Fsp3) is 0.941. The van der Waals surface area contributed by atoms with Gasteiger partial charge in [0.05, 0.1) is 0 Å². The number of carbonyl (C=O) groups excluding carboxylic acids is 1. The molecule has 2 fully saturated rings. The van der Waals surface area contributed by atoms with Crippen LogP contribution in [0.3, 0.4) is 0 Å². The summed E-state index contributed by atoms with van der Waals surface area (Å²) in [5.74, 6) is 0.798. The smallest absolute Gasteiger partial charge is 0.222 e. The van der Waals surface area contributed by atoms with Crippen LogP contribution in [0.15, 0.2) is 0 Å². The molecule has 1 N–H and O–H groups in total. The van der Waals surface area contributed by atoms with Gasteiger partial charge >= 0.3 is 0 Å². The van der Waals surface area contributed by atoms with Crippen LogP contribution in [0.4, 0.5) is 0 Å². The SMILES string of the molecule is CCN[C@H]1CCCC[C@@H]1N(C)C1CN(C(=O)CC(C)C)C1. The van der Waals surface area contributed by atoms with Crippen LogP contribution in [0.2, 0.25) is 0 Å². The third-order valence-electron chi connectivity index (χ3n) is 5.09. The van der Waals surface area contributed by atoms with Gasteiger partial charge in [0.2, 0.25) is 5.91 Å². The van der Waals surface area contributed by atoms with E-state index in [-0.39, 0.29) is 0 Å². The van der Waals surface area contributed by atoms with Crippen LogP contribution >= 0.6 is 0 Å². The first-order chi connectivity index (χ1) is 10.0. The zero-order valence-electron chi connectivity index (χ0n) is 14.3. The summed E-state index contributed by atoms with van der Waals surface area (Å²) in [5.41, 5.74) is 0. The first-order valence-electron chi connectivity index (χ1n) is 8.76. The lowest BCUT2D eigenvalue weighted by atomic mass is 9.87. The highest BCUT2D eigenvalue weighted by molar-refractivity contribution is 5.77. The van der Waals surface area contributed by atoms with Crippen molar-refractivity contribution in [3.05, 3.63) is 0 Å². The molecule has 4 nitrogen and oxygen atoms in total. The van der Waals surface area contributed by atoms with Crippen molar-refractivity contribution >= 4 is 5.91 Å².